The summed E-state index contributed by atoms with van der Waals surface area (Å²) in [5.41, 5.74) is -6.68. The van der Waals surface area contributed by atoms with Gasteiger partial charge in [0.2, 0.25) is 12.1 Å². The summed E-state index contributed by atoms with van der Waals surface area (Å²) < 4.78 is 23.4. The smallest absolute Gasteiger partial charge is 0.338 e. The van der Waals surface area contributed by atoms with Crippen molar-refractivity contribution in [3.8, 4) is 0 Å². The van der Waals surface area contributed by atoms with Gasteiger partial charge in [-0.1, -0.05) is 20.8 Å². The highest BCUT2D eigenvalue weighted by molar-refractivity contribution is 6.14. The molecule has 156 valence electrons. The van der Waals surface area contributed by atoms with Gasteiger partial charge in [-0.3, -0.25) is 9.59 Å². The van der Waals surface area contributed by atoms with E-state index < -0.39 is 75.9 Å². The Balaban J connectivity index is 1.57. The predicted octanol–water partition coefficient (Wildman–Crippen LogP) is -0.730. The van der Waals surface area contributed by atoms with Gasteiger partial charge in [0.15, 0.2) is 22.9 Å². The van der Waals surface area contributed by atoms with Gasteiger partial charge in [-0.05, 0) is 24.7 Å². The van der Waals surface area contributed by atoms with Gasteiger partial charge in [0.25, 0.3) is 0 Å². The molecule has 0 aromatic carbocycles. The third kappa shape index (κ3) is 1.05. The topological polar surface area (TPSA) is 129 Å². The summed E-state index contributed by atoms with van der Waals surface area (Å²) >= 11 is 0. The van der Waals surface area contributed by atoms with Crippen LogP contribution < -0.4 is 0 Å². The van der Waals surface area contributed by atoms with Crippen LogP contribution in [0.4, 0.5) is 0 Å². The summed E-state index contributed by atoms with van der Waals surface area (Å²) in [6, 6.07) is 0. The number of ether oxygens (including phenoxy) is 4. The Morgan fingerprint density at radius 2 is 1.79 bits per heavy atom. The van der Waals surface area contributed by atoms with E-state index in [2.05, 4.69) is 0 Å². The number of rotatable bonds is 0. The minimum Gasteiger partial charge on any atom is -0.457 e. The number of aliphatic hydroxyl groups excluding tert-OH is 1. The van der Waals surface area contributed by atoms with Crippen LogP contribution in [0.2, 0.25) is 0 Å². The number of Topliss-reactive ketones (excluding diaryl/α,β-unsaturated/α-hetero) is 1. The third-order valence-corrected chi connectivity index (χ3v) is 9.60. The van der Waals surface area contributed by atoms with Gasteiger partial charge in [0.1, 0.15) is 6.10 Å². The first-order valence-corrected chi connectivity index (χ1v) is 10.1. The van der Waals surface area contributed by atoms with E-state index in [4.69, 9.17) is 18.9 Å². The molecular formula is C20H22O9. The van der Waals surface area contributed by atoms with Crippen LogP contribution in [0.25, 0.3) is 0 Å². The Hall–Kier alpha value is -1.55. The van der Waals surface area contributed by atoms with Gasteiger partial charge in [-0.25, -0.2) is 4.79 Å². The second-order valence-electron chi connectivity index (χ2n) is 11.0. The Labute approximate surface area is 165 Å². The molecule has 2 N–H and O–H groups in total. The SMILES string of the molecule is CC(C)(C)[C@@H]1C[C@H]2O[C@]34O[C@@H]5OC(=O)[C@H](O)[C@]51[C@]23C1C(=O)[C@@]2(C)C(=O)O[C@@H]1[C@]24O. The van der Waals surface area contributed by atoms with Crippen LogP contribution in [-0.4, -0.2) is 63.9 Å². The molecule has 3 aliphatic carbocycles. The first-order valence-electron chi connectivity index (χ1n) is 10.1. The largest absolute Gasteiger partial charge is 0.457 e. The fraction of sp³-hybridized carbons (Fsp3) is 0.850. The lowest BCUT2D eigenvalue weighted by Crippen LogP contribution is -2.82. The van der Waals surface area contributed by atoms with Crippen molar-refractivity contribution in [2.75, 3.05) is 0 Å². The average Bonchev–Trinajstić information content (AvgIpc) is 3.21. The predicted molar refractivity (Wildman–Crippen MR) is 88.4 cm³/mol. The summed E-state index contributed by atoms with van der Waals surface area (Å²) in [6.07, 6.45) is -3.86. The minimum atomic E-state index is -2.04. The molecule has 4 aliphatic heterocycles. The molecule has 9 nitrogen and oxygen atoms in total. The van der Waals surface area contributed by atoms with Gasteiger partial charge in [0, 0.05) is 0 Å². The van der Waals surface area contributed by atoms with Crippen LogP contribution in [0.15, 0.2) is 0 Å². The van der Waals surface area contributed by atoms with E-state index in [1.54, 1.807) is 0 Å². The van der Waals surface area contributed by atoms with Gasteiger partial charge in [-0.15, -0.1) is 0 Å². The normalized spacial score (nSPS) is 65.2. The number of hydrogen-bond donors (Lipinski definition) is 2. The maximum Gasteiger partial charge on any atom is 0.338 e. The fourth-order valence-electron chi connectivity index (χ4n) is 8.81. The average molecular weight is 406 g/mol. The van der Waals surface area contributed by atoms with Crippen LogP contribution in [-0.2, 0) is 33.3 Å². The van der Waals surface area contributed by atoms with Gasteiger partial charge in [0.05, 0.1) is 22.9 Å². The molecule has 0 aromatic heterocycles. The van der Waals surface area contributed by atoms with E-state index in [0.29, 0.717) is 6.42 Å². The molecule has 0 radical (unpaired) electrons. The Bertz CT molecular complexity index is 969. The van der Waals surface area contributed by atoms with Crippen LogP contribution in [0.5, 0.6) is 0 Å². The quantitative estimate of drug-likeness (QED) is 0.395. The molecular weight excluding hydrogens is 384 g/mol. The maximum absolute atomic E-state index is 13.6. The number of carbonyl (C=O) groups is 3. The molecule has 7 aliphatic rings. The molecule has 0 amide bonds. The molecule has 4 heterocycles. The number of hydrogen-bond acceptors (Lipinski definition) is 9. The number of aliphatic hydroxyl groups is 2. The zero-order chi connectivity index (χ0) is 20.7. The molecule has 9 heteroatoms. The van der Waals surface area contributed by atoms with Crippen molar-refractivity contribution >= 4 is 17.7 Å². The number of ketones is 1. The Morgan fingerprint density at radius 3 is 2.45 bits per heavy atom. The standard InChI is InChI=1S/C20H22O9/c1-15(2,3)6-5-7-18-8-9(21)16(4)13(24)26-11(8)19(16,25)20(18,28-7)29-14-17(6,18)10(22)12(23)27-14/h6-8,10-11,14,22,25H,5H2,1-4H3/t6-,7+,8?,10-,11-,14-,16-,17-,18+,19-,20-/m0/s1. The molecule has 1 unspecified atom stereocenters. The Morgan fingerprint density at radius 1 is 1.10 bits per heavy atom. The van der Waals surface area contributed by atoms with Crippen molar-refractivity contribution in [3.05, 3.63) is 0 Å². The van der Waals surface area contributed by atoms with Crippen molar-refractivity contribution in [2.24, 2.45) is 33.5 Å². The summed E-state index contributed by atoms with van der Waals surface area (Å²) in [4.78, 5) is 38.6. The first-order chi connectivity index (χ1) is 13.4. The van der Waals surface area contributed by atoms with Crippen molar-refractivity contribution in [2.45, 2.75) is 70.1 Å². The molecule has 0 aromatic rings. The molecule has 11 atom stereocenters. The fourth-order valence-corrected chi connectivity index (χ4v) is 8.81. The number of carbonyl (C=O) groups excluding carboxylic acids is 3. The minimum absolute atomic E-state index is 0.284. The van der Waals surface area contributed by atoms with E-state index in [9.17, 15) is 24.6 Å². The van der Waals surface area contributed by atoms with Crippen molar-refractivity contribution in [1.82, 2.24) is 0 Å². The highest BCUT2D eigenvalue weighted by atomic mass is 16.8. The molecule has 7 rings (SSSR count). The van der Waals surface area contributed by atoms with Crippen molar-refractivity contribution < 1.29 is 43.5 Å². The van der Waals surface area contributed by atoms with Gasteiger partial charge >= 0.3 is 11.9 Å². The van der Waals surface area contributed by atoms with Crippen molar-refractivity contribution in [3.63, 3.8) is 0 Å². The van der Waals surface area contributed by atoms with Crippen LogP contribution >= 0.6 is 0 Å². The molecule has 3 saturated carbocycles. The first kappa shape index (κ1) is 17.2. The molecule has 7 fully saturated rings. The summed E-state index contributed by atoms with van der Waals surface area (Å²) in [5, 5.41) is 23.1. The van der Waals surface area contributed by atoms with E-state index in [-0.39, 0.29) is 11.3 Å². The summed E-state index contributed by atoms with van der Waals surface area (Å²) in [6.45, 7) is 7.37. The van der Waals surface area contributed by atoms with Crippen LogP contribution in [0.1, 0.15) is 34.1 Å². The lowest BCUT2D eigenvalue weighted by Gasteiger charge is -2.64. The monoisotopic (exact) mass is 406 g/mol. The zero-order valence-electron chi connectivity index (χ0n) is 16.4. The highest BCUT2D eigenvalue weighted by Crippen LogP contribution is 2.92. The molecule has 2 spiro atoms. The zero-order valence-corrected chi connectivity index (χ0v) is 16.4. The third-order valence-electron chi connectivity index (χ3n) is 9.60. The molecule has 4 saturated heterocycles. The lowest BCUT2D eigenvalue weighted by atomic mass is 9.45. The van der Waals surface area contributed by atoms with E-state index >= 15 is 0 Å². The van der Waals surface area contributed by atoms with Gasteiger partial charge in [-0.2, -0.15) is 0 Å². The van der Waals surface area contributed by atoms with Gasteiger partial charge < -0.3 is 29.2 Å². The van der Waals surface area contributed by atoms with Crippen LogP contribution in [0, 0.1) is 33.5 Å². The van der Waals surface area contributed by atoms with Crippen LogP contribution in [0.3, 0.4) is 0 Å². The second-order valence-corrected chi connectivity index (χ2v) is 11.0. The van der Waals surface area contributed by atoms with Crippen molar-refractivity contribution in [1.29, 1.82) is 0 Å². The Kier molecular flexibility index (Phi) is 2.30. The maximum atomic E-state index is 13.6. The summed E-state index contributed by atoms with van der Waals surface area (Å²) in [5.74, 6) is -4.95. The summed E-state index contributed by atoms with van der Waals surface area (Å²) in [7, 11) is 0. The van der Waals surface area contributed by atoms with E-state index in [0.717, 1.165) is 0 Å². The van der Waals surface area contributed by atoms with E-state index in [1.807, 2.05) is 20.8 Å². The second kappa shape index (κ2) is 3.88. The molecule has 29 heavy (non-hydrogen) atoms. The molecule has 4 bridgehead atoms. The number of esters is 2. The highest BCUT2D eigenvalue weighted by Gasteiger charge is 3.10. The van der Waals surface area contributed by atoms with E-state index in [1.165, 1.54) is 6.92 Å². The lowest BCUT2D eigenvalue weighted by molar-refractivity contribution is -0.453.